The predicted molar refractivity (Wildman–Crippen MR) is 150 cm³/mol. The predicted octanol–water partition coefficient (Wildman–Crippen LogP) is 4.69. The normalized spacial score (nSPS) is 23.1. The van der Waals surface area contributed by atoms with Gasteiger partial charge in [0.25, 0.3) is 0 Å². The highest BCUT2D eigenvalue weighted by atomic mass is 32.2. The molecule has 1 saturated heterocycles. The minimum Gasteiger partial charge on any atom is -0.390 e. The Kier molecular flexibility index (Phi) is 7.42. The van der Waals surface area contributed by atoms with Crippen molar-refractivity contribution in [3.63, 3.8) is 0 Å². The number of amides is 1. The van der Waals surface area contributed by atoms with Crippen LogP contribution in [0.1, 0.15) is 52.4 Å². The number of sulfonamides is 1. The van der Waals surface area contributed by atoms with Crippen molar-refractivity contribution in [2.75, 3.05) is 13.1 Å². The van der Waals surface area contributed by atoms with E-state index in [0.717, 1.165) is 41.5 Å². The van der Waals surface area contributed by atoms with Crippen LogP contribution in [0.2, 0.25) is 0 Å². The molecule has 1 atom stereocenters. The molecular formula is C30H39N3O4S. The molecule has 0 unspecified atom stereocenters. The van der Waals surface area contributed by atoms with Crippen LogP contribution in [-0.2, 0) is 21.9 Å². The van der Waals surface area contributed by atoms with E-state index in [2.05, 4.69) is 10.8 Å². The van der Waals surface area contributed by atoms with Crippen molar-refractivity contribution >= 4 is 26.8 Å². The monoisotopic (exact) mass is 537 g/mol. The third kappa shape index (κ3) is 5.53. The Balaban J connectivity index is 1.23. The first kappa shape index (κ1) is 26.9. The molecule has 3 aromatic rings. The number of likely N-dealkylation sites (tertiary alicyclic amines) is 1. The van der Waals surface area contributed by atoms with E-state index in [4.69, 9.17) is 0 Å². The summed E-state index contributed by atoms with van der Waals surface area (Å²) in [5, 5.41) is 11.4. The molecule has 204 valence electrons. The number of aryl methyl sites for hydroxylation is 1. The summed E-state index contributed by atoms with van der Waals surface area (Å²) in [6.07, 6.45) is 4.48. The van der Waals surface area contributed by atoms with Gasteiger partial charge in [-0.1, -0.05) is 36.4 Å². The molecule has 0 bridgehead atoms. The van der Waals surface area contributed by atoms with Gasteiger partial charge in [-0.3, -0.25) is 4.79 Å². The van der Waals surface area contributed by atoms with Gasteiger partial charge in [-0.05, 0) is 76.1 Å². The standard InChI is InChI=1S/C30H39N3O4S/c1-30(2,35)24-10-7-17-33(20-24)29(34)22-11-14-25(15-12-22)31-38(36,37)26-16-13-23-18-27(32(3)28(23)19-26)21-8-5-4-6-9-21/h4-6,8-9,13,16,18-19,22,24-25,31,35H,7,10-12,14-15,17,20H2,1-3H3/t22?,24-,25?/m0/s1. The molecular weight excluding hydrogens is 498 g/mol. The van der Waals surface area contributed by atoms with Crippen LogP contribution < -0.4 is 4.72 Å². The lowest BCUT2D eigenvalue weighted by Gasteiger charge is -2.40. The van der Waals surface area contributed by atoms with E-state index in [0.29, 0.717) is 32.2 Å². The molecule has 0 spiro atoms. The van der Waals surface area contributed by atoms with Crippen LogP contribution in [-0.4, -0.2) is 53.6 Å². The van der Waals surface area contributed by atoms with Crippen LogP contribution in [0.4, 0.5) is 0 Å². The number of nitrogens with zero attached hydrogens (tertiary/aromatic N) is 2. The lowest BCUT2D eigenvalue weighted by Crippen LogP contribution is -2.49. The molecule has 2 aromatic carbocycles. The molecule has 2 heterocycles. The fourth-order valence-electron chi connectivity index (χ4n) is 6.12. The number of rotatable bonds is 6. The molecule has 2 N–H and O–H groups in total. The highest BCUT2D eigenvalue weighted by molar-refractivity contribution is 7.89. The average molecular weight is 538 g/mol. The second-order valence-electron chi connectivity index (χ2n) is 11.6. The van der Waals surface area contributed by atoms with E-state index in [9.17, 15) is 18.3 Å². The molecule has 0 radical (unpaired) electrons. The second-order valence-corrected chi connectivity index (χ2v) is 13.3. The van der Waals surface area contributed by atoms with Crippen molar-refractivity contribution in [1.82, 2.24) is 14.2 Å². The van der Waals surface area contributed by atoms with E-state index >= 15 is 0 Å². The molecule has 7 nitrogen and oxygen atoms in total. The topological polar surface area (TPSA) is 91.6 Å². The largest absolute Gasteiger partial charge is 0.390 e. The molecule has 2 aliphatic rings. The Bertz CT molecular complexity index is 1400. The molecule has 1 aliphatic carbocycles. The molecule has 8 heteroatoms. The summed E-state index contributed by atoms with van der Waals surface area (Å²) in [6.45, 7) is 4.98. The van der Waals surface area contributed by atoms with Gasteiger partial charge in [-0.2, -0.15) is 0 Å². The highest BCUT2D eigenvalue weighted by Crippen LogP contribution is 2.32. The maximum atomic E-state index is 13.3. The summed E-state index contributed by atoms with van der Waals surface area (Å²) < 4.78 is 31.5. The fourth-order valence-corrected chi connectivity index (χ4v) is 7.45. The lowest BCUT2D eigenvalue weighted by molar-refractivity contribution is -0.140. The van der Waals surface area contributed by atoms with Gasteiger partial charge in [0.05, 0.1) is 10.5 Å². The Morgan fingerprint density at radius 2 is 1.71 bits per heavy atom. The van der Waals surface area contributed by atoms with E-state index in [1.54, 1.807) is 12.1 Å². The fraction of sp³-hybridized carbons (Fsp3) is 0.500. The first-order valence-corrected chi connectivity index (χ1v) is 15.2. The quantitative estimate of drug-likeness (QED) is 0.477. The SMILES string of the molecule is Cn1c(-c2ccccc2)cc2ccc(S(=O)(=O)NC3CCC(C(=O)N4CCC[C@H](C(C)(C)O)C4)CC3)cc21. The summed E-state index contributed by atoms with van der Waals surface area (Å²) in [7, 11) is -1.73. The Morgan fingerprint density at radius 1 is 1.00 bits per heavy atom. The smallest absolute Gasteiger partial charge is 0.240 e. The number of nitrogens with one attached hydrogen (secondary N) is 1. The zero-order chi connectivity index (χ0) is 27.1. The Hall–Kier alpha value is -2.68. The molecule has 1 aromatic heterocycles. The first-order valence-electron chi connectivity index (χ1n) is 13.7. The van der Waals surface area contributed by atoms with E-state index in [-0.39, 0.29) is 28.7 Å². The maximum absolute atomic E-state index is 13.3. The van der Waals surface area contributed by atoms with E-state index < -0.39 is 15.6 Å². The number of piperidine rings is 1. The summed E-state index contributed by atoms with van der Waals surface area (Å²) >= 11 is 0. The number of benzene rings is 2. The van der Waals surface area contributed by atoms with Crippen LogP contribution in [0.25, 0.3) is 22.2 Å². The maximum Gasteiger partial charge on any atom is 0.240 e. The number of fused-ring (bicyclic) bond motifs is 1. The van der Waals surface area contributed by atoms with Gasteiger partial charge in [-0.25, -0.2) is 13.1 Å². The van der Waals surface area contributed by atoms with Crippen molar-refractivity contribution in [3.05, 3.63) is 54.6 Å². The molecule has 1 aliphatic heterocycles. The minimum atomic E-state index is -3.69. The second kappa shape index (κ2) is 10.5. The molecule has 1 saturated carbocycles. The third-order valence-corrected chi connectivity index (χ3v) is 10.0. The van der Waals surface area contributed by atoms with E-state index in [1.165, 1.54) is 0 Å². The molecule has 5 rings (SSSR count). The van der Waals surface area contributed by atoms with Gasteiger partial charge in [0.15, 0.2) is 0 Å². The van der Waals surface area contributed by atoms with Crippen molar-refractivity contribution in [3.8, 4) is 11.3 Å². The van der Waals surface area contributed by atoms with Crippen molar-refractivity contribution < 1.29 is 18.3 Å². The van der Waals surface area contributed by atoms with Gasteiger partial charge in [0.1, 0.15) is 0 Å². The molecule has 2 fully saturated rings. The van der Waals surface area contributed by atoms with Crippen molar-refractivity contribution in [1.29, 1.82) is 0 Å². The number of hydrogen-bond donors (Lipinski definition) is 2. The van der Waals surface area contributed by atoms with Gasteiger partial charge in [0.2, 0.25) is 15.9 Å². The van der Waals surface area contributed by atoms with Crippen LogP contribution in [0, 0.1) is 11.8 Å². The zero-order valence-electron chi connectivity index (χ0n) is 22.6. The van der Waals surface area contributed by atoms with Gasteiger partial charge >= 0.3 is 0 Å². The average Bonchev–Trinajstić information content (AvgIpc) is 3.24. The third-order valence-electron chi connectivity index (χ3n) is 8.53. The van der Waals surface area contributed by atoms with Crippen LogP contribution >= 0.6 is 0 Å². The minimum absolute atomic E-state index is 0.0764. The first-order chi connectivity index (χ1) is 18.0. The zero-order valence-corrected chi connectivity index (χ0v) is 23.4. The number of aromatic nitrogens is 1. The van der Waals surface area contributed by atoms with Gasteiger partial charge in [0, 0.05) is 54.6 Å². The van der Waals surface area contributed by atoms with Crippen LogP contribution in [0.3, 0.4) is 0 Å². The van der Waals surface area contributed by atoms with E-state index in [1.807, 2.05) is 66.8 Å². The highest BCUT2D eigenvalue weighted by Gasteiger charge is 2.36. The Morgan fingerprint density at radius 3 is 2.39 bits per heavy atom. The lowest BCUT2D eigenvalue weighted by atomic mass is 9.82. The van der Waals surface area contributed by atoms with Crippen LogP contribution in [0.15, 0.2) is 59.5 Å². The van der Waals surface area contributed by atoms with Crippen LogP contribution in [0.5, 0.6) is 0 Å². The van der Waals surface area contributed by atoms with Gasteiger partial charge in [-0.15, -0.1) is 0 Å². The summed E-state index contributed by atoms with van der Waals surface area (Å²) in [5.41, 5.74) is 2.20. The summed E-state index contributed by atoms with van der Waals surface area (Å²) in [5.74, 6) is 0.171. The summed E-state index contributed by atoms with van der Waals surface area (Å²) in [4.78, 5) is 15.4. The Labute approximate surface area is 225 Å². The van der Waals surface area contributed by atoms with Crippen molar-refractivity contribution in [2.24, 2.45) is 18.9 Å². The number of hydrogen-bond acceptors (Lipinski definition) is 4. The number of aliphatic hydroxyl groups is 1. The number of carbonyl (C=O) groups excluding carboxylic acids is 1. The molecule has 1 amide bonds. The van der Waals surface area contributed by atoms with Gasteiger partial charge < -0.3 is 14.6 Å². The molecule has 38 heavy (non-hydrogen) atoms. The van der Waals surface area contributed by atoms with Crippen molar-refractivity contribution in [2.45, 2.75) is 68.9 Å². The summed E-state index contributed by atoms with van der Waals surface area (Å²) in [6, 6.07) is 17.2. The number of carbonyl (C=O) groups is 1.